The molecule has 4 N–H and O–H groups in total. The summed E-state index contributed by atoms with van der Waals surface area (Å²) in [5.41, 5.74) is 0.494. The van der Waals surface area contributed by atoms with Gasteiger partial charge in [-0.1, -0.05) is 60.7 Å². The molecule has 3 aliphatic rings. The molecule has 7 aromatic carbocycles. The van der Waals surface area contributed by atoms with Crippen LogP contribution in [0.25, 0.3) is 32.3 Å². The Bertz CT molecular complexity index is 3220. The standard InChI is InChI=1S/C52H40N8O10/c61-45(55-20-18-53-22-24-57-47(63)35-11-1-6-29-7-2-12-36(41(29)35)48(57)64)32-26-33(28-34(27-32)59-51(67)39-15-5-10-31-16-17-40(60(69)70)44(43(31)39)52(59)68)46(62)56-21-19-54-23-25-58-49(65)37-13-3-8-30-9-4-14-38(42(30)37)50(58)66/h1-17,26-28,53-54H,18-25H2,(H,55,61)(H,56,62). The van der Waals surface area contributed by atoms with Crippen molar-refractivity contribution < 1.29 is 43.3 Å². The van der Waals surface area contributed by atoms with Crippen LogP contribution in [0.3, 0.4) is 0 Å². The molecule has 0 bridgehead atoms. The number of nitro benzene ring substituents is 1. The number of carbonyl (C=O) groups excluding carboxylic acids is 8. The molecule has 0 radical (unpaired) electrons. The number of hydrogen-bond acceptors (Lipinski definition) is 12. The summed E-state index contributed by atoms with van der Waals surface area (Å²) in [4.78, 5) is 124. The normalized spacial score (nSPS) is 14.0. The first kappa shape index (κ1) is 44.8. The van der Waals surface area contributed by atoms with E-state index in [1.54, 1.807) is 60.7 Å². The molecule has 18 nitrogen and oxygen atoms in total. The highest BCUT2D eigenvalue weighted by molar-refractivity contribution is 6.37. The zero-order valence-corrected chi connectivity index (χ0v) is 37.1. The largest absolute Gasteiger partial charge is 0.351 e. The van der Waals surface area contributed by atoms with E-state index in [1.165, 1.54) is 46.2 Å². The molecule has 18 heteroatoms. The Morgan fingerprint density at radius 2 is 0.857 bits per heavy atom. The van der Waals surface area contributed by atoms with E-state index in [2.05, 4.69) is 21.3 Å². The van der Waals surface area contributed by atoms with Crippen molar-refractivity contribution in [3.8, 4) is 0 Å². The van der Waals surface area contributed by atoms with E-state index in [1.807, 2.05) is 24.3 Å². The van der Waals surface area contributed by atoms with E-state index in [4.69, 9.17) is 0 Å². The number of amides is 8. The SMILES string of the molecule is O=C(NCCNCCN1C(=O)c2cccc3cccc(c23)C1=O)c1cc(C(=O)NCCNCCN2C(=O)c3cccc4cccc(c34)C2=O)cc(N2C(=O)c3cccc4ccc([N+](=O)[O-])c(c34)C2=O)c1. The summed E-state index contributed by atoms with van der Waals surface area (Å²) in [6.45, 7) is 1.02. The fourth-order valence-electron chi connectivity index (χ4n) is 9.41. The molecule has 3 heterocycles. The molecule has 0 saturated heterocycles. The summed E-state index contributed by atoms with van der Waals surface area (Å²) in [5.74, 6) is -4.84. The van der Waals surface area contributed by atoms with Crippen molar-refractivity contribution in [3.05, 3.63) is 176 Å². The van der Waals surface area contributed by atoms with E-state index >= 15 is 0 Å². The summed E-state index contributed by atoms with van der Waals surface area (Å²) in [6.07, 6.45) is 0. The van der Waals surface area contributed by atoms with Crippen molar-refractivity contribution in [3.63, 3.8) is 0 Å². The number of nitro groups is 1. The lowest BCUT2D eigenvalue weighted by Crippen LogP contribution is -2.44. The first-order valence-corrected chi connectivity index (χ1v) is 22.4. The third-order valence-corrected chi connectivity index (χ3v) is 12.7. The van der Waals surface area contributed by atoms with Gasteiger partial charge in [-0.2, -0.15) is 0 Å². The monoisotopic (exact) mass is 936 g/mol. The van der Waals surface area contributed by atoms with Crippen LogP contribution >= 0.6 is 0 Å². The predicted octanol–water partition coefficient (Wildman–Crippen LogP) is 5.09. The van der Waals surface area contributed by atoms with Gasteiger partial charge in [0.1, 0.15) is 5.56 Å². The number of carbonyl (C=O) groups is 8. The molecule has 0 aromatic heterocycles. The van der Waals surface area contributed by atoms with Gasteiger partial charge in [0.25, 0.3) is 52.9 Å². The molecule has 0 unspecified atom stereocenters. The van der Waals surface area contributed by atoms with Crippen molar-refractivity contribution in [2.75, 3.05) is 57.3 Å². The van der Waals surface area contributed by atoms with E-state index in [0.717, 1.165) is 10.8 Å². The average Bonchev–Trinajstić information content (AvgIpc) is 3.37. The first-order valence-electron chi connectivity index (χ1n) is 22.4. The van der Waals surface area contributed by atoms with Gasteiger partial charge in [0.2, 0.25) is 0 Å². The molecule has 8 amide bonds. The summed E-state index contributed by atoms with van der Waals surface area (Å²) >= 11 is 0. The Balaban J connectivity index is 0.814. The molecule has 348 valence electrons. The highest BCUT2D eigenvalue weighted by Gasteiger charge is 2.40. The third kappa shape index (κ3) is 7.75. The number of hydrogen-bond donors (Lipinski definition) is 4. The Kier molecular flexibility index (Phi) is 11.7. The lowest BCUT2D eigenvalue weighted by molar-refractivity contribution is -0.385. The second-order valence-corrected chi connectivity index (χ2v) is 16.8. The van der Waals surface area contributed by atoms with Crippen LogP contribution in [0, 0.1) is 10.1 Å². The summed E-state index contributed by atoms with van der Waals surface area (Å²) in [7, 11) is 0. The molecule has 0 spiro atoms. The van der Waals surface area contributed by atoms with Crippen LogP contribution in [-0.4, -0.2) is 114 Å². The zero-order valence-electron chi connectivity index (χ0n) is 37.1. The summed E-state index contributed by atoms with van der Waals surface area (Å²) in [6, 6.07) is 32.2. The highest BCUT2D eigenvalue weighted by atomic mass is 16.6. The van der Waals surface area contributed by atoms with Crippen LogP contribution in [0.15, 0.2) is 121 Å². The second-order valence-electron chi connectivity index (χ2n) is 16.8. The van der Waals surface area contributed by atoms with Gasteiger partial charge in [-0.15, -0.1) is 0 Å². The molecule has 0 fully saturated rings. The molecule has 3 aliphatic heterocycles. The highest BCUT2D eigenvalue weighted by Crippen LogP contribution is 2.38. The molecular formula is C52H40N8O10. The molecule has 0 aliphatic carbocycles. The van der Waals surface area contributed by atoms with Gasteiger partial charge >= 0.3 is 0 Å². The third-order valence-electron chi connectivity index (χ3n) is 12.7. The number of benzene rings is 7. The number of anilines is 1. The van der Waals surface area contributed by atoms with Crippen molar-refractivity contribution >= 4 is 90.9 Å². The smallest absolute Gasteiger partial charge is 0.282 e. The summed E-state index contributed by atoms with van der Waals surface area (Å²) in [5, 5.41) is 27.3. The van der Waals surface area contributed by atoms with Crippen LogP contribution in [-0.2, 0) is 0 Å². The summed E-state index contributed by atoms with van der Waals surface area (Å²) < 4.78 is 0. The Hall–Kier alpha value is -9.00. The van der Waals surface area contributed by atoms with Gasteiger partial charge in [-0.3, -0.25) is 58.3 Å². The van der Waals surface area contributed by atoms with E-state index in [9.17, 15) is 48.5 Å². The fourth-order valence-corrected chi connectivity index (χ4v) is 9.41. The van der Waals surface area contributed by atoms with Gasteiger partial charge in [0, 0.05) is 114 Å². The Morgan fingerprint density at radius 1 is 0.457 bits per heavy atom. The van der Waals surface area contributed by atoms with Gasteiger partial charge in [-0.05, 0) is 70.8 Å². The van der Waals surface area contributed by atoms with E-state index in [0.29, 0.717) is 43.3 Å². The molecule has 0 saturated carbocycles. The van der Waals surface area contributed by atoms with Gasteiger partial charge in [0.05, 0.1) is 10.6 Å². The van der Waals surface area contributed by atoms with Crippen molar-refractivity contribution in [1.82, 2.24) is 31.1 Å². The lowest BCUT2D eigenvalue weighted by atomic mass is 9.92. The maximum atomic E-state index is 14.3. The van der Waals surface area contributed by atoms with Crippen molar-refractivity contribution in [1.29, 1.82) is 0 Å². The molecule has 0 atom stereocenters. The first-order chi connectivity index (χ1) is 33.9. The Morgan fingerprint density at radius 3 is 1.27 bits per heavy atom. The lowest BCUT2D eigenvalue weighted by Gasteiger charge is -2.27. The zero-order chi connectivity index (χ0) is 48.8. The van der Waals surface area contributed by atoms with Crippen LogP contribution in [0.4, 0.5) is 11.4 Å². The minimum Gasteiger partial charge on any atom is -0.351 e. The van der Waals surface area contributed by atoms with E-state index < -0.39 is 57.9 Å². The minimum absolute atomic E-state index is 0.0113. The van der Waals surface area contributed by atoms with Crippen LogP contribution < -0.4 is 26.2 Å². The van der Waals surface area contributed by atoms with Crippen molar-refractivity contribution in [2.24, 2.45) is 0 Å². The number of nitrogens with zero attached hydrogens (tertiary/aromatic N) is 4. The van der Waals surface area contributed by atoms with Crippen LogP contribution in [0.1, 0.15) is 82.9 Å². The maximum absolute atomic E-state index is 14.3. The maximum Gasteiger partial charge on any atom is 0.282 e. The van der Waals surface area contributed by atoms with Crippen LogP contribution in [0.5, 0.6) is 0 Å². The quantitative estimate of drug-likeness (QED) is 0.0430. The topological polar surface area (TPSA) is 238 Å². The fraction of sp³-hybridized carbons (Fsp3) is 0.154. The van der Waals surface area contributed by atoms with E-state index in [-0.39, 0.29) is 85.7 Å². The molecule has 70 heavy (non-hydrogen) atoms. The van der Waals surface area contributed by atoms with Crippen LogP contribution in [0.2, 0.25) is 0 Å². The van der Waals surface area contributed by atoms with Gasteiger partial charge < -0.3 is 21.3 Å². The minimum atomic E-state index is -1.02. The second kappa shape index (κ2) is 18.2. The molecule has 10 rings (SSSR count). The molecule has 7 aromatic rings. The Labute approximate surface area is 397 Å². The van der Waals surface area contributed by atoms with Gasteiger partial charge in [-0.25, -0.2) is 4.90 Å². The van der Waals surface area contributed by atoms with Crippen molar-refractivity contribution in [2.45, 2.75) is 0 Å². The predicted molar refractivity (Wildman–Crippen MR) is 257 cm³/mol. The number of imide groups is 3. The number of rotatable bonds is 16. The van der Waals surface area contributed by atoms with Gasteiger partial charge in [0.15, 0.2) is 0 Å². The molecular weight excluding hydrogens is 897 g/mol. The number of nitrogens with one attached hydrogen (secondary N) is 4. The average molecular weight is 937 g/mol.